The molecular formula is C19H50Cl2Si4Sn2. The van der Waals surface area contributed by atoms with Crippen molar-refractivity contribution in [1.29, 1.82) is 0 Å². The van der Waals surface area contributed by atoms with E-state index < -0.39 is 66.8 Å². The van der Waals surface area contributed by atoms with Crippen molar-refractivity contribution in [2.75, 3.05) is 0 Å². The molecule has 0 aliphatic heterocycles. The summed E-state index contributed by atoms with van der Waals surface area (Å²) >= 11 is -6.09. The fraction of sp³-hybridized carbons (Fsp3) is 1.00. The van der Waals surface area contributed by atoms with Gasteiger partial charge in [0, 0.05) is 0 Å². The molecule has 0 aliphatic carbocycles. The Morgan fingerprint density at radius 3 is 0.778 bits per heavy atom. The van der Waals surface area contributed by atoms with Crippen LogP contribution in [-0.4, -0.2) is 66.8 Å². The van der Waals surface area contributed by atoms with Gasteiger partial charge in [0.25, 0.3) is 0 Å². The Bertz CT molecular complexity index is 448. The summed E-state index contributed by atoms with van der Waals surface area (Å²) in [6.07, 6.45) is 0. The Morgan fingerprint density at radius 1 is 0.519 bits per heavy atom. The molecule has 0 N–H and O–H groups in total. The molecule has 0 saturated heterocycles. The normalized spacial score (nSPS) is 20.0. The molecule has 0 amide bonds. The van der Waals surface area contributed by atoms with Gasteiger partial charge < -0.3 is 0 Å². The number of halogens is 2. The molecule has 0 nitrogen and oxygen atoms in total. The van der Waals surface area contributed by atoms with E-state index >= 15 is 0 Å². The van der Waals surface area contributed by atoms with Gasteiger partial charge in [0.05, 0.1) is 0 Å². The number of hydrogen-bond donors (Lipinski definition) is 0. The minimum absolute atomic E-state index is 0.253. The third kappa shape index (κ3) is 6.53. The summed E-state index contributed by atoms with van der Waals surface area (Å²) in [6, 6.07) is 0. The molecule has 0 aliphatic rings. The van der Waals surface area contributed by atoms with Gasteiger partial charge >= 0.3 is 195 Å². The van der Waals surface area contributed by atoms with Gasteiger partial charge in [-0.2, -0.15) is 0 Å². The molecule has 0 bridgehead atoms. The summed E-state index contributed by atoms with van der Waals surface area (Å²) in [5, 5.41) is 0. The molecule has 27 heavy (non-hydrogen) atoms. The second-order valence-corrected chi connectivity index (χ2v) is 80.4. The van der Waals surface area contributed by atoms with Gasteiger partial charge in [-0.15, -0.1) is 0 Å². The monoisotopic (exact) mass is 700 g/mol. The molecule has 2 unspecified atom stereocenters. The molecule has 0 aromatic carbocycles. The molecular weight excluding hydrogens is 649 g/mol. The van der Waals surface area contributed by atoms with Crippen molar-refractivity contribution in [2.45, 2.75) is 110 Å². The second kappa shape index (κ2) is 8.77. The Morgan fingerprint density at radius 2 is 0.667 bits per heavy atom. The molecule has 0 rings (SSSR count). The van der Waals surface area contributed by atoms with Crippen LogP contribution >= 0.6 is 17.8 Å². The van der Waals surface area contributed by atoms with Gasteiger partial charge in [-0.1, -0.05) is 0 Å². The van der Waals surface area contributed by atoms with Gasteiger partial charge in [-0.05, 0) is 0 Å². The number of hydrogen-bond acceptors (Lipinski definition) is 0. The average molecular weight is 699 g/mol. The number of rotatable bonds is 8. The van der Waals surface area contributed by atoms with Crippen molar-refractivity contribution >= 4 is 84.6 Å². The van der Waals surface area contributed by atoms with Crippen LogP contribution in [0.1, 0.15) is 13.8 Å². The van der Waals surface area contributed by atoms with Crippen molar-refractivity contribution in [3.8, 4) is 0 Å². The maximum atomic E-state index is 7.97. The minimum atomic E-state index is -3.04. The van der Waals surface area contributed by atoms with Crippen molar-refractivity contribution in [3.05, 3.63) is 0 Å². The molecule has 164 valence electrons. The van der Waals surface area contributed by atoms with Crippen LogP contribution in [0.5, 0.6) is 0 Å². The van der Waals surface area contributed by atoms with Crippen molar-refractivity contribution in [2.24, 2.45) is 0 Å². The summed E-state index contributed by atoms with van der Waals surface area (Å²) in [5.74, 6) is 0. The molecule has 8 heteroatoms. The van der Waals surface area contributed by atoms with E-state index in [1.54, 1.807) is 0 Å². The van der Waals surface area contributed by atoms with Crippen molar-refractivity contribution < 1.29 is 0 Å². The van der Waals surface area contributed by atoms with E-state index in [1.165, 1.54) is 0 Å². The maximum absolute atomic E-state index is 7.97. The van der Waals surface area contributed by atoms with E-state index in [-0.39, 0.29) is 1.45 Å². The van der Waals surface area contributed by atoms with E-state index in [0.717, 1.165) is 6.36 Å². The second-order valence-electron chi connectivity index (χ2n) is 14.1. The summed E-state index contributed by atoms with van der Waals surface area (Å²) in [5.41, 5.74) is 0. The fourth-order valence-electron chi connectivity index (χ4n) is 7.05. The van der Waals surface area contributed by atoms with E-state index in [0.29, 0.717) is 0 Å². The fourth-order valence-corrected chi connectivity index (χ4v) is 188. The standard InChI is InChI=1S/2C7H19Si2.C3H6.2CH3.2ClH.2Sn/c2*1-8(2,3)7-9(4,5)6;1-3-2;;;;;;/h2*7H,1-6H3;1-2H3;2*1H3;2*1H;;/q;;;;;;;2*+1/p-2. The third-order valence-electron chi connectivity index (χ3n) is 6.99. The molecule has 0 aromatic heterocycles. The Balaban J connectivity index is 6.73. The van der Waals surface area contributed by atoms with Crippen LogP contribution in [0.2, 0.25) is 96.3 Å². The molecule has 0 radical (unpaired) electrons. The molecule has 0 aromatic rings. The van der Waals surface area contributed by atoms with E-state index in [9.17, 15) is 0 Å². The first-order valence-corrected chi connectivity index (χ1v) is 44.0. The molecule has 0 fully saturated rings. The summed E-state index contributed by atoms with van der Waals surface area (Å²) in [4.78, 5) is 5.20. The molecule has 0 saturated carbocycles. The van der Waals surface area contributed by atoms with Crippen molar-refractivity contribution in [1.82, 2.24) is 0 Å². The average Bonchev–Trinajstić information content (AvgIpc) is 2.16. The zero-order valence-electron chi connectivity index (χ0n) is 21.4. The zero-order valence-corrected chi connectivity index (χ0v) is 32.6. The van der Waals surface area contributed by atoms with E-state index in [4.69, 9.17) is 17.8 Å². The van der Waals surface area contributed by atoms with Crippen LogP contribution in [-0.2, 0) is 0 Å². The predicted molar refractivity (Wildman–Crippen MR) is 150 cm³/mol. The predicted octanol–water partition coefficient (Wildman–Crippen LogP) is 9.18. The van der Waals surface area contributed by atoms with Gasteiger partial charge in [-0.25, -0.2) is 0 Å². The van der Waals surface area contributed by atoms with Crippen LogP contribution in [0, 0.1) is 0 Å². The third-order valence-corrected chi connectivity index (χ3v) is 130. The van der Waals surface area contributed by atoms with Crippen LogP contribution in [0.25, 0.3) is 0 Å². The van der Waals surface area contributed by atoms with Gasteiger partial charge in [-0.3, -0.25) is 0 Å². The quantitative estimate of drug-likeness (QED) is 0.222. The topological polar surface area (TPSA) is 0 Å². The Hall–Kier alpha value is 3.04. The van der Waals surface area contributed by atoms with Crippen molar-refractivity contribution in [3.63, 3.8) is 0 Å². The van der Waals surface area contributed by atoms with Gasteiger partial charge in [0.2, 0.25) is 0 Å². The Labute approximate surface area is 192 Å². The first kappa shape index (κ1) is 30.0. The van der Waals surface area contributed by atoms with Crippen LogP contribution in [0.4, 0.5) is 0 Å². The summed E-state index contributed by atoms with van der Waals surface area (Å²) < 4.78 is 1.97. The van der Waals surface area contributed by atoms with Crippen LogP contribution in [0.15, 0.2) is 0 Å². The Kier molecular flexibility index (Phi) is 9.76. The van der Waals surface area contributed by atoms with Crippen LogP contribution in [0.3, 0.4) is 0 Å². The first-order chi connectivity index (χ1) is 11.2. The van der Waals surface area contributed by atoms with Gasteiger partial charge in [0.1, 0.15) is 0 Å². The summed E-state index contributed by atoms with van der Waals surface area (Å²) in [6.45, 7) is 36.1. The molecule has 2 atom stereocenters. The first-order valence-electron chi connectivity index (χ1n) is 10.6. The molecule has 0 heterocycles. The summed E-state index contributed by atoms with van der Waals surface area (Å²) in [7, 11) is 10.5. The molecule has 0 spiro atoms. The van der Waals surface area contributed by atoms with E-state index in [1.807, 2.05) is 0 Å². The SMILES string of the molecule is C[C](C)([Sn]([CH3])([Cl])[CH]([Si](C)(C)C)[Si](C)(C)C)[Sn]([CH3])([Cl])[CH]([Si](C)(C)C)[Si](C)(C)C. The van der Waals surface area contributed by atoms with Gasteiger partial charge in [0.15, 0.2) is 0 Å². The van der Waals surface area contributed by atoms with E-state index in [2.05, 4.69) is 102 Å². The van der Waals surface area contributed by atoms with Crippen LogP contribution < -0.4 is 0 Å². The zero-order chi connectivity index (χ0) is 22.7.